The van der Waals surface area contributed by atoms with Gasteiger partial charge in [0, 0.05) is 31.0 Å². The lowest BCUT2D eigenvalue weighted by Gasteiger charge is -2.12. The number of nitrogens with one attached hydrogen (secondary N) is 2. The summed E-state index contributed by atoms with van der Waals surface area (Å²) in [7, 11) is 0. The number of nitrogens with zero attached hydrogens (tertiary/aromatic N) is 2. The predicted molar refractivity (Wildman–Crippen MR) is 88.0 cm³/mol. The highest BCUT2D eigenvalue weighted by Crippen LogP contribution is 2.51. The second-order valence-corrected chi connectivity index (χ2v) is 6.67. The van der Waals surface area contributed by atoms with E-state index in [9.17, 15) is 4.79 Å². The molecule has 2 fully saturated rings. The first-order chi connectivity index (χ1) is 11.2. The maximum absolute atomic E-state index is 12.4. The van der Waals surface area contributed by atoms with Gasteiger partial charge in [0.05, 0.1) is 6.04 Å². The fourth-order valence-electron chi connectivity index (χ4n) is 3.25. The van der Waals surface area contributed by atoms with Crippen LogP contribution in [-0.4, -0.2) is 28.5 Å². The van der Waals surface area contributed by atoms with E-state index in [0.717, 1.165) is 30.0 Å². The van der Waals surface area contributed by atoms with Crippen molar-refractivity contribution in [1.29, 1.82) is 0 Å². The summed E-state index contributed by atoms with van der Waals surface area (Å²) in [5.41, 5.74) is 2.35. The summed E-state index contributed by atoms with van der Waals surface area (Å²) in [6, 6.07) is 9.66. The molecule has 0 bridgehead atoms. The molecule has 2 aromatic rings. The normalized spacial score (nSPS) is 21.3. The van der Waals surface area contributed by atoms with Crippen LogP contribution in [0.3, 0.4) is 0 Å². The van der Waals surface area contributed by atoms with Crippen molar-refractivity contribution >= 4 is 11.6 Å². The molecule has 1 amide bonds. The van der Waals surface area contributed by atoms with Gasteiger partial charge in [-0.2, -0.15) is 0 Å². The number of carbonyl (C=O) groups is 1. The van der Waals surface area contributed by atoms with Crippen molar-refractivity contribution in [1.82, 2.24) is 15.3 Å². The molecule has 1 spiro atoms. The number of rotatable bonds is 4. The van der Waals surface area contributed by atoms with E-state index in [0.29, 0.717) is 11.8 Å². The minimum absolute atomic E-state index is 0.0568. The summed E-state index contributed by atoms with van der Waals surface area (Å²) in [6.07, 6.45) is 7.64. The number of benzene rings is 1. The number of hydrogen-bond donors (Lipinski definition) is 2. The van der Waals surface area contributed by atoms with E-state index in [1.807, 2.05) is 24.3 Å². The second-order valence-electron chi connectivity index (χ2n) is 6.67. The Balaban J connectivity index is 1.41. The summed E-state index contributed by atoms with van der Waals surface area (Å²) in [5, 5.41) is 6.39. The average molecular weight is 308 g/mol. The summed E-state index contributed by atoms with van der Waals surface area (Å²) in [6.45, 7) is 0.983. The molecule has 4 rings (SSSR count). The second kappa shape index (κ2) is 5.74. The highest BCUT2D eigenvalue weighted by Gasteiger charge is 2.49. The zero-order valence-corrected chi connectivity index (χ0v) is 13.0. The van der Waals surface area contributed by atoms with Gasteiger partial charge in [0.2, 0.25) is 5.91 Å². The van der Waals surface area contributed by atoms with E-state index in [4.69, 9.17) is 0 Å². The Morgan fingerprint density at radius 2 is 2.09 bits per heavy atom. The largest absolute Gasteiger partial charge is 0.325 e. The third-order valence-corrected chi connectivity index (χ3v) is 4.81. The van der Waals surface area contributed by atoms with Crippen LogP contribution in [0.5, 0.6) is 0 Å². The molecule has 1 aliphatic carbocycles. The fourth-order valence-corrected chi connectivity index (χ4v) is 3.25. The van der Waals surface area contributed by atoms with Gasteiger partial charge in [0.15, 0.2) is 0 Å². The summed E-state index contributed by atoms with van der Waals surface area (Å²) in [4.78, 5) is 20.9. The molecule has 0 radical (unpaired) electrons. The molecule has 2 aliphatic rings. The van der Waals surface area contributed by atoms with Crippen LogP contribution in [0.1, 0.15) is 30.7 Å². The van der Waals surface area contributed by atoms with Crippen molar-refractivity contribution in [3.63, 3.8) is 0 Å². The molecular weight excluding hydrogens is 288 g/mol. The summed E-state index contributed by atoms with van der Waals surface area (Å²) < 4.78 is 0. The minimum Gasteiger partial charge on any atom is -0.325 e. The Hall–Kier alpha value is -2.27. The molecule has 5 heteroatoms. The van der Waals surface area contributed by atoms with Crippen LogP contribution < -0.4 is 10.6 Å². The van der Waals surface area contributed by atoms with Crippen LogP contribution in [0.15, 0.2) is 42.7 Å². The Kier molecular flexibility index (Phi) is 3.58. The van der Waals surface area contributed by atoms with Gasteiger partial charge in [-0.15, -0.1) is 0 Å². The monoisotopic (exact) mass is 308 g/mol. The van der Waals surface area contributed by atoms with Crippen molar-refractivity contribution in [2.24, 2.45) is 5.41 Å². The zero-order chi connectivity index (χ0) is 15.7. The van der Waals surface area contributed by atoms with E-state index in [2.05, 4.69) is 20.6 Å². The zero-order valence-electron chi connectivity index (χ0n) is 13.0. The van der Waals surface area contributed by atoms with Crippen molar-refractivity contribution in [2.75, 3.05) is 11.9 Å². The van der Waals surface area contributed by atoms with Gasteiger partial charge in [-0.05, 0) is 48.4 Å². The quantitative estimate of drug-likeness (QED) is 0.908. The molecule has 118 valence electrons. The molecule has 1 aromatic carbocycles. The number of hydrogen-bond acceptors (Lipinski definition) is 4. The number of amides is 1. The van der Waals surface area contributed by atoms with E-state index in [1.165, 1.54) is 12.8 Å². The molecule has 5 nitrogen and oxygen atoms in total. The Labute approximate surface area is 135 Å². The van der Waals surface area contributed by atoms with Crippen molar-refractivity contribution < 1.29 is 4.79 Å². The first-order valence-corrected chi connectivity index (χ1v) is 8.12. The molecule has 23 heavy (non-hydrogen) atoms. The molecule has 1 aliphatic heterocycles. The number of aromatic nitrogens is 2. The van der Waals surface area contributed by atoms with Crippen LogP contribution in [0, 0.1) is 5.41 Å². The lowest BCUT2D eigenvalue weighted by Crippen LogP contribution is -2.35. The van der Waals surface area contributed by atoms with E-state index in [-0.39, 0.29) is 11.9 Å². The maximum Gasteiger partial charge on any atom is 0.241 e. The van der Waals surface area contributed by atoms with Crippen LogP contribution in [0.25, 0.3) is 0 Å². The molecule has 2 N–H and O–H groups in total. The lowest BCUT2D eigenvalue weighted by atomic mass is 10.0. The molecule has 1 saturated carbocycles. The summed E-state index contributed by atoms with van der Waals surface area (Å²) in [5.74, 6) is 0.853. The van der Waals surface area contributed by atoms with E-state index in [1.54, 1.807) is 18.5 Å². The van der Waals surface area contributed by atoms with Crippen LogP contribution in [-0.2, 0) is 11.2 Å². The summed E-state index contributed by atoms with van der Waals surface area (Å²) >= 11 is 0. The van der Waals surface area contributed by atoms with Crippen LogP contribution in [0.2, 0.25) is 0 Å². The third-order valence-electron chi connectivity index (χ3n) is 4.81. The van der Waals surface area contributed by atoms with Crippen molar-refractivity contribution in [3.8, 4) is 0 Å². The van der Waals surface area contributed by atoms with Gasteiger partial charge in [-0.25, -0.2) is 9.97 Å². The first-order valence-electron chi connectivity index (χ1n) is 8.12. The SMILES string of the molecule is O=C(Nc1cccc(Cc2ncccn2)c1)C1CC2(CC2)CN1. The van der Waals surface area contributed by atoms with Gasteiger partial charge in [0.25, 0.3) is 0 Å². The van der Waals surface area contributed by atoms with Gasteiger partial charge < -0.3 is 10.6 Å². The fraction of sp³-hybridized carbons (Fsp3) is 0.389. The Morgan fingerprint density at radius 1 is 1.26 bits per heavy atom. The number of carbonyl (C=O) groups excluding carboxylic acids is 1. The third kappa shape index (κ3) is 3.24. The predicted octanol–water partition coefficient (Wildman–Crippen LogP) is 2.15. The number of anilines is 1. The van der Waals surface area contributed by atoms with Crippen LogP contribution in [0.4, 0.5) is 5.69 Å². The van der Waals surface area contributed by atoms with Crippen molar-refractivity contribution in [2.45, 2.75) is 31.7 Å². The molecule has 2 heterocycles. The molecule has 1 unspecified atom stereocenters. The first kappa shape index (κ1) is 14.3. The molecule has 1 aromatic heterocycles. The highest BCUT2D eigenvalue weighted by atomic mass is 16.2. The Bertz CT molecular complexity index is 712. The Morgan fingerprint density at radius 3 is 2.83 bits per heavy atom. The smallest absolute Gasteiger partial charge is 0.241 e. The average Bonchev–Trinajstić information content (AvgIpc) is 3.17. The van der Waals surface area contributed by atoms with E-state index >= 15 is 0 Å². The molecule has 1 atom stereocenters. The standard InChI is InChI=1S/C18H20N4O/c23-17(15-11-18(5-6-18)12-21-15)22-14-4-1-3-13(9-14)10-16-19-7-2-8-20-16/h1-4,7-9,15,21H,5-6,10-12H2,(H,22,23). The molecular formula is C18H20N4O. The minimum atomic E-state index is -0.0568. The van der Waals surface area contributed by atoms with Gasteiger partial charge in [0.1, 0.15) is 5.82 Å². The lowest BCUT2D eigenvalue weighted by molar-refractivity contribution is -0.117. The van der Waals surface area contributed by atoms with Gasteiger partial charge in [-0.1, -0.05) is 12.1 Å². The van der Waals surface area contributed by atoms with Crippen molar-refractivity contribution in [3.05, 3.63) is 54.1 Å². The highest BCUT2D eigenvalue weighted by molar-refractivity contribution is 5.95. The van der Waals surface area contributed by atoms with Gasteiger partial charge in [-0.3, -0.25) is 4.79 Å². The van der Waals surface area contributed by atoms with Crippen LogP contribution >= 0.6 is 0 Å². The maximum atomic E-state index is 12.4. The van der Waals surface area contributed by atoms with E-state index < -0.39 is 0 Å². The topological polar surface area (TPSA) is 66.9 Å². The molecule has 1 saturated heterocycles. The van der Waals surface area contributed by atoms with Gasteiger partial charge >= 0.3 is 0 Å².